The summed E-state index contributed by atoms with van der Waals surface area (Å²) in [6.07, 6.45) is -2.86. The van der Waals surface area contributed by atoms with Gasteiger partial charge >= 0.3 is 6.18 Å². The number of carboxylic acids is 1. The van der Waals surface area contributed by atoms with E-state index < -0.39 is 12.1 Å². The van der Waals surface area contributed by atoms with Crippen LogP contribution in [-0.2, 0) is 17.9 Å². The molecule has 2 aromatic carbocycles. The lowest BCUT2D eigenvalue weighted by atomic mass is 10.1. The second kappa shape index (κ2) is 13.5. The third-order valence-electron chi connectivity index (χ3n) is 4.31. The number of rotatable bonds is 10. The van der Waals surface area contributed by atoms with Gasteiger partial charge in [-0.2, -0.15) is 13.2 Å². The van der Waals surface area contributed by atoms with Crippen molar-refractivity contribution in [2.45, 2.75) is 32.1 Å². The predicted octanol–water partition coefficient (Wildman–Crippen LogP) is 2.03. The molecule has 0 aromatic heterocycles. The third-order valence-corrected chi connectivity index (χ3v) is 4.31. The normalized spacial score (nSPS) is 10.9. The van der Waals surface area contributed by atoms with Gasteiger partial charge < -0.3 is 25.1 Å². The van der Waals surface area contributed by atoms with Crippen LogP contribution in [0.2, 0.25) is 0 Å². The van der Waals surface area contributed by atoms with Crippen LogP contribution in [-0.4, -0.2) is 44.4 Å². The van der Waals surface area contributed by atoms with E-state index in [1.165, 1.54) is 17.5 Å². The van der Waals surface area contributed by atoms with Gasteiger partial charge in [-0.05, 0) is 42.6 Å². The van der Waals surface area contributed by atoms with Crippen LogP contribution in [0.3, 0.4) is 0 Å². The van der Waals surface area contributed by atoms with Gasteiger partial charge in [-0.25, -0.2) is 0 Å². The van der Waals surface area contributed by atoms with Crippen molar-refractivity contribution in [1.82, 2.24) is 4.90 Å². The van der Waals surface area contributed by atoms with Crippen LogP contribution in [0.25, 0.3) is 0 Å². The van der Waals surface area contributed by atoms with Crippen molar-refractivity contribution in [2.75, 3.05) is 27.3 Å². The first-order valence-electron chi connectivity index (χ1n) is 9.75. The minimum absolute atomic E-state index is 0.771. The maximum atomic E-state index is 10.5. The molecule has 0 saturated carbocycles. The summed E-state index contributed by atoms with van der Waals surface area (Å²) in [7, 11) is 3.34. The van der Waals surface area contributed by atoms with Crippen molar-refractivity contribution >= 4 is 5.97 Å². The Morgan fingerprint density at radius 3 is 2.06 bits per heavy atom. The standard InChI is InChI=1S/C20H28N2O2.C2HF3O2/c1-23-19-11-10-18(14-20(19)24-2)16-22(13-7-6-12-21)15-17-8-4-3-5-9-17;3-2(4,5)1(6)7/h3-5,8-11,14H,6-7,12-13,15-16,21H2,1-2H3;(H,6,7). The van der Waals surface area contributed by atoms with E-state index in [2.05, 4.69) is 53.1 Å². The molecule has 0 radical (unpaired) electrons. The van der Waals surface area contributed by atoms with Crippen molar-refractivity contribution in [3.63, 3.8) is 0 Å². The van der Waals surface area contributed by atoms with Gasteiger partial charge in [0.2, 0.25) is 0 Å². The number of nitrogens with zero attached hydrogens (tertiary/aromatic N) is 1. The summed E-state index contributed by atoms with van der Waals surface area (Å²) in [6, 6.07) is 16.8. The van der Waals surface area contributed by atoms with Gasteiger partial charge in [-0.1, -0.05) is 36.4 Å². The van der Waals surface area contributed by atoms with Gasteiger partial charge in [0.1, 0.15) is 5.97 Å². The fourth-order valence-electron chi connectivity index (χ4n) is 2.81. The van der Waals surface area contributed by atoms with Gasteiger partial charge in [0.15, 0.2) is 11.5 Å². The molecule has 6 nitrogen and oxygen atoms in total. The quantitative estimate of drug-likeness (QED) is 0.569. The summed E-state index contributed by atoms with van der Waals surface area (Å²) in [5.74, 6) is -1.45. The molecule has 0 amide bonds. The highest BCUT2D eigenvalue weighted by molar-refractivity contribution is 5.70. The largest absolute Gasteiger partial charge is 0.542 e. The van der Waals surface area contributed by atoms with Gasteiger partial charge in [0, 0.05) is 13.1 Å². The van der Waals surface area contributed by atoms with Crippen LogP contribution in [0, 0.1) is 0 Å². The summed E-state index contributed by atoms with van der Waals surface area (Å²) in [4.78, 5) is 11.3. The number of hydrogen-bond donors (Lipinski definition) is 1. The number of benzene rings is 2. The molecular weight excluding hydrogens is 413 g/mol. The van der Waals surface area contributed by atoms with E-state index in [1.54, 1.807) is 14.2 Å². The second-order valence-corrected chi connectivity index (χ2v) is 6.73. The minimum atomic E-state index is -5.19. The van der Waals surface area contributed by atoms with E-state index in [0.717, 1.165) is 44.1 Å². The molecule has 0 unspecified atom stereocenters. The van der Waals surface area contributed by atoms with Crippen LogP contribution in [0.1, 0.15) is 24.0 Å². The molecule has 0 fully saturated rings. The van der Waals surface area contributed by atoms with Gasteiger partial charge in [0.25, 0.3) is 0 Å². The van der Waals surface area contributed by atoms with Crippen molar-refractivity contribution in [1.29, 1.82) is 0 Å². The summed E-state index contributed by atoms with van der Waals surface area (Å²) < 4.78 is 42.3. The number of unbranched alkanes of at least 4 members (excludes halogenated alkanes) is 1. The monoisotopic (exact) mass is 442 g/mol. The summed E-state index contributed by atoms with van der Waals surface area (Å²) in [5.41, 5.74) is 6.52. The number of carboxylic acid groups (broad SMARTS) is 1. The number of hydrogen-bond acceptors (Lipinski definition) is 5. The van der Waals surface area contributed by atoms with Crippen molar-refractivity contribution in [3.05, 3.63) is 59.7 Å². The first-order chi connectivity index (χ1) is 14.7. The molecule has 2 rings (SSSR count). The van der Waals surface area contributed by atoms with Crippen molar-refractivity contribution in [3.8, 4) is 11.5 Å². The lowest BCUT2D eigenvalue weighted by molar-refractivity contribution is -0.368. The Labute approximate surface area is 180 Å². The highest BCUT2D eigenvalue weighted by Crippen LogP contribution is 2.28. The summed E-state index contributed by atoms with van der Waals surface area (Å²) >= 11 is 0. The number of ether oxygens (including phenoxy) is 2. The molecule has 0 saturated heterocycles. The molecule has 0 atom stereocenters. The van der Waals surface area contributed by atoms with E-state index >= 15 is 0 Å². The number of carbonyl (C=O) groups excluding carboxylic acids is 1. The van der Waals surface area contributed by atoms with Gasteiger partial charge in [-0.15, -0.1) is 0 Å². The SMILES string of the molecule is COc1ccc(CN(CCCC[NH3+])Cc2ccccc2)cc1OC.O=C([O-])C(F)(F)F. The van der Waals surface area contributed by atoms with Crippen molar-refractivity contribution in [2.24, 2.45) is 0 Å². The molecule has 0 spiro atoms. The second-order valence-electron chi connectivity index (χ2n) is 6.73. The van der Waals surface area contributed by atoms with E-state index in [1.807, 2.05) is 6.07 Å². The van der Waals surface area contributed by atoms with E-state index in [4.69, 9.17) is 19.4 Å². The third kappa shape index (κ3) is 10.2. The molecule has 0 heterocycles. The Hall–Kier alpha value is -2.78. The smallest absolute Gasteiger partial charge is 0.430 e. The maximum absolute atomic E-state index is 10.5. The Bertz CT molecular complexity index is 786. The average molecular weight is 442 g/mol. The van der Waals surface area contributed by atoms with Crippen LogP contribution >= 0.6 is 0 Å². The molecule has 0 aliphatic rings. The Morgan fingerprint density at radius 2 is 1.55 bits per heavy atom. The van der Waals surface area contributed by atoms with Crippen LogP contribution in [0.15, 0.2) is 48.5 Å². The van der Waals surface area contributed by atoms with Crippen LogP contribution in [0.4, 0.5) is 13.2 Å². The molecular formula is C22H29F3N2O4. The lowest BCUT2D eigenvalue weighted by Crippen LogP contribution is -2.50. The zero-order valence-corrected chi connectivity index (χ0v) is 17.8. The number of carbonyl (C=O) groups is 1. The Morgan fingerprint density at radius 1 is 0.968 bits per heavy atom. The predicted molar refractivity (Wildman–Crippen MR) is 108 cm³/mol. The molecule has 0 bridgehead atoms. The van der Waals surface area contributed by atoms with E-state index in [-0.39, 0.29) is 0 Å². The topological polar surface area (TPSA) is 89.5 Å². The van der Waals surface area contributed by atoms with E-state index in [9.17, 15) is 13.2 Å². The van der Waals surface area contributed by atoms with Crippen LogP contribution in [0.5, 0.6) is 11.5 Å². The maximum Gasteiger partial charge on any atom is 0.430 e. The fraction of sp³-hybridized carbons (Fsp3) is 0.409. The summed E-state index contributed by atoms with van der Waals surface area (Å²) in [5, 5.41) is 8.78. The highest BCUT2D eigenvalue weighted by Gasteiger charge is 2.28. The first-order valence-corrected chi connectivity index (χ1v) is 9.75. The van der Waals surface area contributed by atoms with Gasteiger partial charge in [-0.3, -0.25) is 4.90 Å². The number of alkyl halides is 3. The molecule has 2 aromatic rings. The number of halogens is 3. The first kappa shape index (κ1) is 26.3. The number of methoxy groups -OCH3 is 2. The molecule has 3 N–H and O–H groups in total. The molecule has 0 aliphatic heterocycles. The number of aliphatic carboxylic acids is 1. The Balaban J connectivity index is 0.000000592. The lowest BCUT2D eigenvalue weighted by Gasteiger charge is -2.23. The fourth-order valence-corrected chi connectivity index (χ4v) is 2.81. The molecule has 0 aliphatic carbocycles. The van der Waals surface area contributed by atoms with Gasteiger partial charge in [0.05, 0.1) is 20.8 Å². The minimum Gasteiger partial charge on any atom is -0.542 e. The number of quaternary nitrogens is 1. The zero-order chi connectivity index (χ0) is 23.3. The van der Waals surface area contributed by atoms with Crippen molar-refractivity contribution < 1.29 is 38.3 Å². The molecule has 9 heteroatoms. The zero-order valence-electron chi connectivity index (χ0n) is 17.8. The molecule has 172 valence electrons. The Kier molecular flexibility index (Phi) is 11.4. The van der Waals surface area contributed by atoms with E-state index in [0.29, 0.717) is 0 Å². The molecule has 31 heavy (non-hydrogen) atoms. The summed E-state index contributed by atoms with van der Waals surface area (Å²) in [6.45, 7) is 3.91. The van der Waals surface area contributed by atoms with Crippen LogP contribution < -0.4 is 20.3 Å². The highest BCUT2D eigenvalue weighted by atomic mass is 19.4. The average Bonchev–Trinajstić information content (AvgIpc) is 2.74.